The van der Waals surface area contributed by atoms with Gasteiger partial charge in [-0.1, -0.05) is 12.1 Å². The highest BCUT2D eigenvalue weighted by atomic mass is 32.5. The number of aliphatic hydroxyl groups is 6. The van der Waals surface area contributed by atoms with E-state index in [1.54, 1.807) is 6.07 Å². The van der Waals surface area contributed by atoms with E-state index in [0.29, 0.717) is 5.56 Å². The van der Waals surface area contributed by atoms with Crippen molar-refractivity contribution in [2.75, 3.05) is 13.2 Å². The van der Waals surface area contributed by atoms with E-state index < -0.39 is 99.7 Å². The lowest BCUT2D eigenvalue weighted by Crippen LogP contribution is -2.64. The van der Waals surface area contributed by atoms with Gasteiger partial charge in [0.15, 0.2) is 12.1 Å². The molecule has 0 bridgehead atoms. The normalized spacial score (nSPS) is 42.1. The van der Waals surface area contributed by atoms with Crippen LogP contribution in [0.1, 0.15) is 28.9 Å². The maximum Gasteiger partial charge on any atom is 0.481 e. The van der Waals surface area contributed by atoms with Gasteiger partial charge in [-0.05, 0) is 36.4 Å². The summed E-state index contributed by atoms with van der Waals surface area (Å²) in [5.74, 6) is -6.25. The monoisotopic (exact) mass is 646 g/mol. The second kappa shape index (κ2) is 11.5. The molecule has 1 saturated carbocycles. The number of hydrogen-bond acceptors (Lipinski definition) is 15. The van der Waals surface area contributed by atoms with Gasteiger partial charge in [-0.15, -0.1) is 0 Å². The molecule has 17 nitrogen and oxygen atoms in total. The van der Waals surface area contributed by atoms with E-state index in [-0.39, 0.29) is 5.56 Å². The first-order chi connectivity index (χ1) is 18.8. The van der Waals surface area contributed by atoms with Crippen LogP contribution in [-0.4, -0.2) is 108 Å². The Labute approximate surface area is 238 Å². The molecule has 3 fully saturated rings. The molecule has 232 valence electrons. The Bertz CT molecular complexity index is 1260. The van der Waals surface area contributed by atoms with Gasteiger partial charge in [-0.25, -0.2) is 8.88 Å². The molecule has 4 rings (SSSR count). The van der Waals surface area contributed by atoms with Crippen LogP contribution in [0.15, 0.2) is 24.3 Å². The van der Waals surface area contributed by atoms with E-state index in [0.717, 1.165) is 0 Å². The molecular formula is C21H32N2O15P2S. The van der Waals surface area contributed by atoms with Crippen molar-refractivity contribution in [3.63, 3.8) is 0 Å². The molecule has 12 N–H and O–H groups in total. The molecule has 0 aromatic heterocycles. The van der Waals surface area contributed by atoms with Crippen LogP contribution in [0.4, 0.5) is 0 Å². The second-order valence-electron chi connectivity index (χ2n) is 10.2. The molecule has 0 radical (unpaired) electrons. The van der Waals surface area contributed by atoms with Crippen molar-refractivity contribution in [1.82, 2.24) is 0 Å². The zero-order chi connectivity index (χ0) is 30.7. The Morgan fingerprint density at radius 1 is 1.24 bits per heavy atom. The zero-order valence-electron chi connectivity index (χ0n) is 21.3. The summed E-state index contributed by atoms with van der Waals surface area (Å²) in [6, 6.07) is 4.84. The molecule has 2 heterocycles. The number of aliphatic hydroxyl groups excluding tert-OH is 4. The number of ether oxygens (including phenoxy) is 2. The summed E-state index contributed by atoms with van der Waals surface area (Å²) in [6.45, 7) is -4.72. The molecule has 20 heteroatoms. The third-order valence-corrected chi connectivity index (χ3v) is 11.0. The number of rotatable bonds is 11. The van der Waals surface area contributed by atoms with Crippen LogP contribution in [0, 0.1) is 11.8 Å². The zero-order valence-corrected chi connectivity index (χ0v) is 23.9. The van der Waals surface area contributed by atoms with E-state index in [9.17, 15) is 44.7 Å². The van der Waals surface area contributed by atoms with Crippen molar-refractivity contribution >= 4 is 32.3 Å². The van der Waals surface area contributed by atoms with Gasteiger partial charge >= 0.3 is 14.5 Å². The Hall–Kier alpha value is -0.990. The van der Waals surface area contributed by atoms with Crippen molar-refractivity contribution in [3.8, 4) is 0 Å². The molecule has 3 aliphatic rings. The number of phosphoric ester groups is 1. The average Bonchev–Trinajstić information content (AvgIpc) is 3.17. The van der Waals surface area contributed by atoms with Crippen LogP contribution in [0.25, 0.3) is 0 Å². The number of benzene rings is 1. The molecule has 1 aromatic carbocycles. The highest BCUT2D eigenvalue weighted by Crippen LogP contribution is 2.65. The van der Waals surface area contributed by atoms with E-state index >= 15 is 0 Å². The Morgan fingerprint density at radius 3 is 2.51 bits per heavy atom. The van der Waals surface area contributed by atoms with Crippen molar-refractivity contribution in [3.05, 3.63) is 35.4 Å². The molecule has 2 aliphatic heterocycles. The van der Waals surface area contributed by atoms with Gasteiger partial charge in [0.1, 0.15) is 17.8 Å². The fourth-order valence-corrected chi connectivity index (χ4v) is 8.47. The quantitative estimate of drug-likeness (QED) is 0.107. The lowest BCUT2D eigenvalue weighted by molar-refractivity contribution is -0.427. The summed E-state index contributed by atoms with van der Waals surface area (Å²) in [6.07, 6.45) is -9.35. The molecule has 41 heavy (non-hydrogen) atoms. The Kier molecular flexibility index (Phi) is 9.23. The summed E-state index contributed by atoms with van der Waals surface area (Å²) in [5, 5.41) is 61.0. The minimum absolute atomic E-state index is 0.154. The van der Waals surface area contributed by atoms with Crippen LogP contribution in [0.5, 0.6) is 0 Å². The van der Waals surface area contributed by atoms with E-state index in [4.69, 9.17) is 46.9 Å². The predicted molar refractivity (Wildman–Crippen MR) is 138 cm³/mol. The summed E-state index contributed by atoms with van der Waals surface area (Å²) in [7, 11) is -5.32. The van der Waals surface area contributed by atoms with Gasteiger partial charge in [-0.3, -0.25) is 9.32 Å². The third-order valence-electron chi connectivity index (χ3n) is 7.48. The first-order valence-corrected chi connectivity index (χ1v) is 16.2. The summed E-state index contributed by atoms with van der Waals surface area (Å²) >= 11 is 4.78. The number of carbonyl (C=O) groups is 1. The van der Waals surface area contributed by atoms with Crippen LogP contribution >= 0.6 is 14.5 Å². The summed E-state index contributed by atoms with van der Waals surface area (Å²) < 4.78 is 37.9. The molecule has 0 spiro atoms. The van der Waals surface area contributed by atoms with Gasteiger partial charge in [0.2, 0.25) is 5.91 Å². The van der Waals surface area contributed by atoms with Crippen LogP contribution in [0.2, 0.25) is 0 Å². The SMILES string of the molecule is C[C@@]1(O)[C@H](N)[C@@H](COP(O)(=S)OP(=O)(O)OC2OC3(O)C2C(O)C(O)C3[C@@H](O)CO)O[C@H]1c1cccc(C(N)=O)c1. The number of primary amides is 1. The maximum atomic E-state index is 12.6. The minimum Gasteiger partial charge on any atom is -0.394 e. The van der Waals surface area contributed by atoms with Crippen LogP contribution < -0.4 is 11.5 Å². The van der Waals surface area contributed by atoms with Gasteiger partial charge in [-0.2, -0.15) is 0 Å². The minimum atomic E-state index is -5.32. The lowest BCUT2D eigenvalue weighted by atomic mass is 9.86. The first kappa shape index (κ1) is 32.9. The summed E-state index contributed by atoms with van der Waals surface area (Å²) in [4.78, 5) is 32.1. The maximum absolute atomic E-state index is 12.6. The van der Waals surface area contributed by atoms with Crippen LogP contribution in [0.3, 0.4) is 0 Å². The third kappa shape index (κ3) is 6.18. The molecule has 1 aliphatic carbocycles. The molecule has 1 aromatic rings. The molecule has 2 saturated heterocycles. The average molecular weight is 647 g/mol. The van der Waals surface area contributed by atoms with Gasteiger partial charge < -0.3 is 65.9 Å². The fraction of sp³-hybridized carbons (Fsp3) is 0.667. The predicted octanol–water partition coefficient (Wildman–Crippen LogP) is -2.96. The van der Waals surface area contributed by atoms with Crippen molar-refractivity contribution in [2.45, 2.75) is 61.2 Å². The number of hydrogen-bond donors (Lipinski definition) is 10. The number of fused-ring (bicyclic) bond motifs is 1. The van der Waals surface area contributed by atoms with Crippen LogP contribution in [-0.2, 0) is 39.2 Å². The number of nitrogens with two attached hydrogens (primary N) is 2. The second-order valence-corrected chi connectivity index (χ2v) is 14.6. The van der Waals surface area contributed by atoms with Crippen molar-refractivity contribution < 1.29 is 72.6 Å². The summed E-state index contributed by atoms with van der Waals surface area (Å²) in [5.41, 5.74) is 10.2. The molecule has 1 amide bonds. The van der Waals surface area contributed by atoms with Gasteiger partial charge in [0, 0.05) is 5.56 Å². The number of phosphoric acid groups is 1. The van der Waals surface area contributed by atoms with Gasteiger partial charge in [0.25, 0.3) is 0 Å². The highest BCUT2D eigenvalue weighted by molar-refractivity contribution is 8.08. The largest absolute Gasteiger partial charge is 0.481 e. The van der Waals surface area contributed by atoms with E-state index in [1.807, 2.05) is 0 Å². The Morgan fingerprint density at radius 2 is 1.90 bits per heavy atom. The van der Waals surface area contributed by atoms with Gasteiger partial charge in [0.05, 0.1) is 49.4 Å². The lowest BCUT2D eigenvalue weighted by Gasteiger charge is -2.49. The Balaban J connectivity index is 1.38. The van der Waals surface area contributed by atoms with Crippen molar-refractivity contribution in [1.29, 1.82) is 0 Å². The molecular weight excluding hydrogens is 614 g/mol. The van der Waals surface area contributed by atoms with E-state index in [1.165, 1.54) is 25.1 Å². The number of carbonyl (C=O) groups excluding carboxylic acids is 1. The first-order valence-electron chi connectivity index (χ1n) is 12.1. The molecule has 8 unspecified atom stereocenters. The molecule has 13 atom stereocenters. The van der Waals surface area contributed by atoms with E-state index in [2.05, 4.69) is 4.31 Å². The van der Waals surface area contributed by atoms with Crippen molar-refractivity contribution in [2.24, 2.45) is 23.3 Å². The highest BCUT2D eigenvalue weighted by Gasteiger charge is 2.73. The standard InChI is InChI=1S/C21H32N2O15P2S/c1-20(29)16(22)11(35-17(20)8-3-2-4-9(5-8)18(23)28)7-34-40(33,41)38-39(31,32)37-19-13-15(27)14(26)12(10(25)6-24)21(13,30)36-19/h2-5,10-17,19,24-27,29-30H,6-7,22H2,1H3,(H2,23,28)(H,31,32)(H,33,41)/t10-,11+,12?,13?,14?,15?,16+,17-,19?,20+,21?,40?/m0/s1. The smallest absolute Gasteiger partial charge is 0.394 e. The number of amides is 1. The topological polar surface area (TPSA) is 294 Å². The fourth-order valence-electron chi connectivity index (χ4n) is 5.37.